The largest absolute Gasteiger partial charge is 0.212 e. The van der Waals surface area contributed by atoms with Crippen molar-refractivity contribution < 1.29 is 4.39 Å². The lowest BCUT2D eigenvalue weighted by atomic mass is 10.1. The number of hydrogen-bond donors (Lipinski definition) is 0. The highest BCUT2D eigenvalue weighted by atomic mass is 19.1. The van der Waals surface area contributed by atoms with Crippen molar-refractivity contribution in [2.75, 3.05) is 0 Å². The van der Waals surface area contributed by atoms with Gasteiger partial charge in [-0.15, -0.1) is 0 Å². The van der Waals surface area contributed by atoms with Crippen LogP contribution < -0.4 is 0 Å². The lowest BCUT2D eigenvalue weighted by Crippen LogP contribution is -1.85. The quantitative estimate of drug-likeness (QED) is 0.437. The molecule has 0 amide bonds. The van der Waals surface area contributed by atoms with E-state index in [1.165, 1.54) is 0 Å². The molecule has 0 aromatic carbocycles. The van der Waals surface area contributed by atoms with Crippen LogP contribution in [0.4, 0.5) is 4.39 Å². The van der Waals surface area contributed by atoms with E-state index in [2.05, 4.69) is 0 Å². The summed E-state index contributed by atoms with van der Waals surface area (Å²) in [6.07, 6.45) is 6.12. The van der Waals surface area contributed by atoms with Gasteiger partial charge in [0.1, 0.15) is 0 Å². The SMILES string of the molecule is FC1=C[CH]CCC1. The van der Waals surface area contributed by atoms with Crippen LogP contribution in [0.2, 0.25) is 0 Å². The highest BCUT2D eigenvalue weighted by molar-refractivity contribution is 5.04. The Bertz CT molecular complexity index is 84.2. The molecule has 0 heterocycles. The molecule has 0 atom stereocenters. The summed E-state index contributed by atoms with van der Waals surface area (Å²) in [5.41, 5.74) is 0. The van der Waals surface area contributed by atoms with Crippen LogP contribution in [0, 0.1) is 6.42 Å². The normalized spacial score (nSPS) is 21.6. The van der Waals surface area contributed by atoms with Gasteiger partial charge in [-0.2, -0.15) is 0 Å². The molecule has 0 N–H and O–H groups in total. The standard InChI is InChI=1S/C6H8F/c7-6-4-2-1-3-5-6/h2,4H,1,3,5H2. The zero-order chi connectivity index (χ0) is 5.11. The minimum Gasteiger partial charge on any atom is -0.212 e. The molecule has 0 aromatic heterocycles. The van der Waals surface area contributed by atoms with Crippen molar-refractivity contribution >= 4 is 0 Å². The van der Waals surface area contributed by atoms with Gasteiger partial charge in [0.15, 0.2) is 0 Å². The van der Waals surface area contributed by atoms with Crippen molar-refractivity contribution in [2.24, 2.45) is 0 Å². The number of halogens is 1. The molecule has 0 nitrogen and oxygen atoms in total. The molecular formula is C6H8F. The summed E-state index contributed by atoms with van der Waals surface area (Å²) in [5.74, 6) is 0.0336. The van der Waals surface area contributed by atoms with E-state index in [4.69, 9.17) is 0 Å². The molecule has 0 unspecified atom stereocenters. The summed E-state index contributed by atoms with van der Waals surface area (Å²) in [7, 11) is 0. The van der Waals surface area contributed by atoms with Crippen LogP contribution in [0.15, 0.2) is 11.9 Å². The van der Waals surface area contributed by atoms with E-state index in [0.717, 1.165) is 12.8 Å². The van der Waals surface area contributed by atoms with E-state index in [1.807, 2.05) is 6.42 Å². The molecule has 1 heteroatoms. The molecule has 1 rings (SSSR count). The first-order chi connectivity index (χ1) is 3.39. The maximum atomic E-state index is 12.0. The first-order valence-electron chi connectivity index (χ1n) is 2.57. The Morgan fingerprint density at radius 1 is 1.57 bits per heavy atom. The third-order valence-electron chi connectivity index (χ3n) is 1.09. The molecule has 0 bridgehead atoms. The minimum atomic E-state index is 0.0336. The zero-order valence-electron chi connectivity index (χ0n) is 4.15. The molecule has 0 saturated heterocycles. The van der Waals surface area contributed by atoms with E-state index in [9.17, 15) is 4.39 Å². The van der Waals surface area contributed by atoms with Gasteiger partial charge in [0, 0.05) is 0 Å². The smallest absolute Gasteiger partial charge is 0.0962 e. The van der Waals surface area contributed by atoms with Crippen molar-refractivity contribution in [1.29, 1.82) is 0 Å². The van der Waals surface area contributed by atoms with Crippen molar-refractivity contribution in [2.45, 2.75) is 19.3 Å². The summed E-state index contributed by atoms with van der Waals surface area (Å²) in [4.78, 5) is 0. The maximum Gasteiger partial charge on any atom is 0.0962 e. The van der Waals surface area contributed by atoms with E-state index in [0.29, 0.717) is 6.42 Å². The van der Waals surface area contributed by atoms with E-state index >= 15 is 0 Å². The number of rotatable bonds is 0. The first kappa shape index (κ1) is 4.82. The molecule has 1 radical (unpaired) electrons. The summed E-state index contributed by atoms with van der Waals surface area (Å²) >= 11 is 0. The highest BCUT2D eigenvalue weighted by Crippen LogP contribution is 2.16. The van der Waals surface area contributed by atoms with E-state index in [1.54, 1.807) is 6.08 Å². The van der Waals surface area contributed by atoms with Gasteiger partial charge in [0.25, 0.3) is 0 Å². The molecule has 1 aliphatic rings. The van der Waals surface area contributed by atoms with Crippen LogP contribution in [0.1, 0.15) is 19.3 Å². The molecule has 39 valence electrons. The van der Waals surface area contributed by atoms with Gasteiger partial charge in [-0.25, -0.2) is 4.39 Å². The van der Waals surface area contributed by atoms with Crippen LogP contribution in [-0.4, -0.2) is 0 Å². The maximum absolute atomic E-state index is 12.0. The lowest BCUT2D eigenvalue weighted by Gasteiger charge is -2.01. The van der Waals surface area contributed by atoms with Gasteiger partial charge >= 0.3 is 0 Å². The van der Waals surface area contributed by atoms with Crippen LogP contribution in [0.5, 0.6) is 0 Å². The highest BCUT2D eigenvalue weighted by Gasteiger charge is 1.99. The van der Waals surface area contributed by atoms with Crippen molar-refractivity contribution in [1.82, 2.24) is 0 Å². The van der Waals surface area contributed by atoms with Gasteiger partial charge in [-0.1, -0.05) is 0 Å². The van der Waals surface area contributed by atoms with Gasteiger partial charge in [0.05, 0.1) is 5.83 Å². The molecule has 1 aliphatic carbocycles. The summed E-state index contributed by atoms with van der Waals surface area (Å²) in [5, 5.41) is 0. The third kappa shape index (κ3) is 1.30. The van der Waals surface area contributed by atoms with Crippen LogP contribution >= 0.6 is 0 Å². The van der Waals surface area contributed by atoms with Gasteiger partial charge < -0.3 is 0 Å². The Morgan fingerprint density at radius 3 is 2.71 bits per heavy atom. The third-order valence-corrected chi connectivity index (χ3v) is 1.09. The monoisotopic (exact) mass is 99.1 g/mol. The van der Waals surface area contributed by atoms with Crippen molar-refractivity contribution in [3.05, 3.63) is 18.3 Å². The molecule has 0 aliphatic heterocycles. The molecule has 7 heavy (non-hydrogen) atoms. The second-order valence-electron chi connectivity index (χ2n) is 1.74. The fourth-order valence-electron chi connectivity index (χ4n) is 0.683. The molecule has 0 fully saturated rings. The van der Waals surface area contributed by atoms with Gasteiger partial charge in [-0.05, 0) is 31.8 Å². The predicted molar refractivity (Wildman–Crippen MR) is 27.3 cm³/mol. The summed E-state index contributed by atoms with van der Waals surface area (Å²) < 4.78 is 12.0. The van der Waals surface area contributed by atoms with E-state index in [-0.39, 0.29) is 5.83 Å². The second kappa shape index (κ2) is 2.10. The molecule has 0 aromatic rings. The van der Waals surface area contributed by atoms with Gasteiger partial charge in [0.2, 0.25) is 0 Å². The Morgan fingerprint density at radius 2 is 2.43 bits per heavy atom. The van der Waals surface area contributed by atoms with Crippen LogP contribution in [-0.2, 0) is 0 Å². The van der Waals surface area contributed by atoms with Gasteiger partial charge in [-0.3, -0.25) is 0 Å². The number of hydrogen-bond acceptors (Lipinski definition) is 0. The minimum absolute atomic E-state index is 0.0336. The van der Waals surface area contributed by atoms with Crippen molar-refractivity contribution in [3.8, 4) is 0 Å². The molecule has 0 spiro atoms. The van der Waals surface area contributed by atoms with Crippen molar-refractivity contribution in [3.63, 3.8) is 0 Å². The topological polar surface area (TPSA) is 0 Å². The van der Waals surface area contributed by atoms with E-state index < -0.39 is 0 Å². The zero-order valence-corrected chi connectivity index (χ0v) is 4.15. The molecule has 0 saturated carbocycles. The summed E-state index contributed by atoms with van der Waals surface area (Å²) in [6, 6.07) is 0. The Labute approximate surface area is 43.0 Å². The fourth-order valence-corrected chi connectivity index (χ4v) is 0.683. The summed E-state index contributed by atoms with van der Waals surface area (Å²) in [6.45, 7) is 0. The Kier molecular flexibility index (Phi) is 1.45. The average Bonchev–Trinajstić information content (AvgIpc) is 1.69. The first-order valence-corrected chi connectivity index (χ1v) is 2.57. The Balaban J connectivity index is 2.40. The van der Waals surface area contributed by atoms with Crippen LogP contribution in [0.25, 0.3) is 0 Å². The Hall–Kier alpha value is -0.330. The number of allylic oxidation sites excluding steroid dienone is 2. The second-order valence-corrected chi connectivity index (χ2v) is 1.74. The molecular weight excluding hydrogens is 91.1 g/mol. The van der Waals surface area contributed by atoms with Crippen LogP contribution in [0.3, 0.4) is 0 Å². The fraction of sp³-hybridized carbons (Fsp3) is 0.500. The lowest BCUT2D eigenvalue weighted by molar-refractivity contribution is 0.556. The average molecular weight is 99.1 g/mol. The predicted octanol–water partition coefficient (Wildman–Crippen LogP) is 2.23.